The van der Waals surface area contributed by atoms with Crippen LogP contribution in [0.5, 0.6) is 5.75 Å². The van der Waals surface area contributed by atoms with Crippen molar-refractivity contribution < 1.29 is 14.6 Å². The molecule has 0 radical (unpaired) electrons. The summed E-state index contributed by atoms with van der Waals surface area (Å²) in [4.78, 5) is 14.9. The van der Waals surface area contributed by atoms with Crippen molar-refractivity contribution in [3.05, 3.63) is 29.5 Å². The van der Waals surface area contributed by atoms with Gasteiger partial charge in [-0.3, -0.25) is 4.79 Å². The highest BCUT2D eigenvalue weighted by molar-refractivity contribution is 6.02. The van der Waals surface area contributed by atoms with Gasteiger partial charge in [0.25, 0.3) is 5.91 Å². The number of aromatic nitrogens is 1. The molecule has 1 aliphatic heterocycles. The molecule has 0 unspecified atom stereocenters. The molecule has 0 aliphatic carbocycles. The molecule has 1 aromatic heterocycles. The number of nitrogens with zero attached hydrogens (tertiary/aromatic N) is 2. The van der Waals surface area contributed by atoms with Crippen molar-refractivity contribution in [1.82, 2.24) is 9.47 Å². The number of benzene rings is 1. The van der Waals surface area contributed by atoms with Crippen LogP contribution in [0.4, 0.5) is 0 Å². The smallest absolute Gasteiger partial charge is 0.270 e. The van der Waals surface area contributed by atoms with Crippen molar-refractivity contribution >= 4 is 16.8 Å². The van der Waals surface area contributed by atoms with Crippen molar-refractivity contribution in [2.75, 3.05) is 19.7 Å². The van der Waals surface area contributed by atoms with E-state index in [1.165, 1.54) is 0 Å². The van der Waals surface area contributed by atoms with E-state index in [1.54, 1.807) is 0 Å². The molecule has 1 aromatic carbocycles. The molecule has 1 amide bonds. The highest BCUT2D eigenvalue weighted by Crippen LogP contribution is 2.30. The zero-order valence-corrected chi connectivity index (χ0v) is 14.7. The molecule has 24 heavy (non-hydrogen) atoms. The summed E-state index contributed by atoms with van der Waals surface area (Å²) in [5, 5.41) is 10.7. The maximum atomic E-state index is 13.1. The maximum Gasteiger partial charge on any atom is 0.270 e. The molecular formula is C19H26N2O3. The van der Waals surface area contributed by atoms with Gasteiger partial charge in [-0.2, -0.15) is 0 Å². The summed E-state index contributed by atoms with van der Waals surface area (Å²) in [5.74, 6) is 0.900. The minimum absolute atomic E-state index is 0.0652. The maximum absolute atomic E-state index is 13.1. The van der Waals surface area contributed by atoms with E-state index < -0.39 is 0 Å². The number of hydrogen-bond acceptors (Lipinski definition) is 3. The SMILES string of the molecule is CCOc1ccc2c(c1)c(C)c(C(=O)N1CCC(O)CC1)n2CC. The molecule has 5 nitrogen and oxygen atoms in total. The largest absolute Gasteiger partial charge is 0.494 e. The Bertz CT molecular complexity index is 743. The molecule has 1 fully saturated rings. The van der Waals surface area contributed by atoms with Gasteiger partial charge in [0, 0.05) is 30.5 Å². The van der Waals surface area contributed by atoms with Crippen LogP contribution in [0.15, 0.2) is 18.2 Å². The van der Waals surface area contributed by atoms with Gasteiger partial charge in [-0.25, -0.2) is 0 Å². The Morgan fingerprint density at radius 3 is 2.62 bits per heavy atom. The number of carbonyl (C=O) groups is 1. The fraction of sp³-hybridized carbons (Fsp3) is 0.526. The number of fused-ring (bicyclic) bond motifs is 1. The zero-order chi connectivity index (χ0) is 17.3. The second kappa shape index (κ2) is 6.85. The Morgan fingerprint density at radius 1 is 1.29 bits per heavy atom. The first-order valence-electron chi connectivity index (χ1n) is 8.79. The van der Waals surface area contributed by atoms with Gasteiger partial charge in [0.2, 0.25) is 0 Å². The number of rotatable bonds is 4. The monoisotopic (exact) mass is 330 g/mol. The first-order chi connectivity index (χ1) is 11.6. The lowest BCUT2D eigenvalue weighted by Gasteiger charge is -2.30. The topological polar surface area (TPSA) is 54.7 Å². The van der Waals surface area contributed by atoms with E-state index in [0.29, 0.717) is 32.5 Å². The highest BCUT2D eigenvalue weighted by atomic mass is 16.5. The van der Waals surface area contributed by atoms with Crippen LogP contribution in [-0.2, 0) is 6.54 Å². The van der Waals surface area contributed by atoms with Crippen molar-refractivity contribution in [3.63, 3.8) is 0 Å². The molecule has 1 N–H and O–H groups in total. The van der Waals surface area contributed by atoms with Crippen molar-refractivity contribution in [2.45, 2.75) is 46.3 Å². The summed E-state index contributed by atoms with van der Waals surface area (Å²) in [6.07, 6.45) is 1.04. The Kier molecular flexibility index (Phi) is 4.81. The van der Waals surface area contributed by atoms with Crippen LogP contribution in [0.3, 0.4) is 0 Å². The summed E-state index contributed by atoms with van der Waals surface area (Å²) in [6.45, 7) is 8.65. The molecule has 0 spiro atoms. The first kappa shape index (κ1) is 16.8. The number of aliphatic hydroxyl groups excluding tert-OH is 1. The lowest BCUT2D eigenvalue weighted by Crippen LogP contribution is -2.41. The van der Waals surface area contributed by atoms with E-state index in [1.807, 2.05) is 36.9 Å². The predicted molar refractivity (Wildman–Crippen MR) is 94.7 cm³/mol. The number of likely N-dealkylation sites (tertiary alicyclic amines) is 1. The third-order valence-corrected chi connectivity index (χ3v) is 4.87. The first-order valence-corrected chi connectivity index (χ1v) is 8.79. The number of amides is 1. The molecule has 130 valence electrons. The zero-order valence-electron chi connectivity index (χ0n) is 14.7. The average Bonchev–Trinajstić information content (AvgIpc) is 2.87. The molecule has 5 heteroatoms. The lowest BCUT2D eigenvalue weighted by molar-refractivity contribution is 0.0537. The Hall–Kier alpha value is -2.01. The minimum Gasteiger partial charge on any atom is -0.494 e. The minimum atomic E-state index is -0.277. The third-order valence-electron chi connectivity index (χ3n) is 4.87. The molecule has 2 heterocycles. The number of hydrogen-bond donors (Lipinski definition) is 1. The van der Waals surface area contributed by atoms with Crippen LogP contribution in [0.1, 0.15) is 42.7 Å². The normalized spacial score (nSPS) is 15.9. The number of aliphatic hydroxyl groups is 1. The number of carbonyl (C=O) groups excluding carboxylic acids is 1. The summed E-state index contributed by atoms with van der Waals surface area (Å²) >= 11 is 0. The van der Waals surface area contributed by atoms with Gasteiger partial charge in [0.1, 0.15) is 11.4 Å². The van der Waals surface area contributed by atoms with E-state index in [0.717, 1.165) is 34.5 Å². The van der Waals surface area contributed by atoms with Gasteiger partial charge >= 0.3 is 0 Å². The molecule has 2 aromatic rings. The second-order valence-corrected chi connectivity index (χ2v) is 6.35. The van der Waals surface area contributed by atoms with Crippen LogP contribution >= 0.6 is 0 Å². The van der Waals surface area contributed by atoms with E-state index in [-0.39, 0.29) is 12.0 Å². The van der Waals surface area contributed by atoms with Crippen LogP contribution in [0, 0.1) is 6.92 Å². The van der Waals surface area contributed by atoms with Gasteiger partial charge in [0.05, 0.1) is 12.7 Å². The second-order valence-electron chi connectivity index (χ2n) is 6.35. The van der Waals surface area contributed by atoms with Gasteiger partial charge in [0.15, 0.2) is 0 Å². The van der Waals surface area contributed by atoms with Crippen molar-refractivity contribution in [1.29, 1.82) is 0 Å². The van der Waals surface area contributed by atoms with Crippen molar-refractivity contribution in [3.8, 4) is 5.75 Å². The van der Waals surface area contributed by atoms with Gasteiger partial charge in [-0.1, -0.05) is 0 Å². The molecule has 0 saturated carbocycles. The summed E-state index contributed by atoms with van der Waals surface area (Å²) in [5.41, 5.74) is 2.83. The standard InChI is InChI=1S/C19H26N2O3/c1-4-21-17-7-6-15(24-5-2)12-16(17)13(3)18(21)19(23)20-10-8-14(22)9-11-20/h6-7,12,14,22H,4-5,8-11H2,1-3H3. The predicted octanol–water partition coefficient (Wildman–Crippen LogP) is 2.97. The lowest BCUT2D eigenvalue weighted by atomic mass is 10.1. The summed E-state index contributed by atoms with van der Waals surface area (Å²) in [6, 6.07) is 6.02. The molecule has 1 aliphatic rings. The Balaban J connectivity index is 2.03. The molecular weight excluding hydrogens is 304 g/mol. The van der Waals surface area contributed by atoms with Crippen LogP contribution < -0.4 is 4.74 Å². The van der Waals surface area contributed by atoms with E-state index in [2.05, 4.69) is 11.5 Å². The van der Waals surface area contributed by atoms with Gasteiger partial charge < -0.3 is 19.3 Å². The highest BCUT2D eigenvalue weighted by Gasteiger charge is 2.27. The van der Waals surface area contributed by atoms with Crippen LogP contribution in [0.25, 0.3) is 10.9 Å². The summed E-state index contributed by atoms with van der Waals surface area (Å²) in [7, 11) is 0. The Labute approximate surface area is 142 Å². The van der Waals surface area contributed by atoms with E-state index in [9.17, 15) is 9.90 Å². The molecule has 0 atom stereocenters. The molecule has 0 bridgehead atoms. The number of ether oxygens (including phenoxy) is 1. The Morgan fingerprint density at radius 2 is 2.00 bits per heavy atom. The van der Waals surface area contributed by atoms with Crippen molar-refractivity contribution in [2.24, 2.45) is 0 Å². The average molecular weight is 330 g/mol. The fourth-order valence-corrected chi connectivity index (χ4v) is 3.58. The molecule has 3 rings (SSSR count). The van der Waals surface area contributed by atoms with Crippen LogP contribution in [0.2, 0.25) is 0 Å². The van der Waals surface area contributed by atoms with E-state index >= 15 is 0 Å². The van der Waals surface area contributed by atoms with Gasteiger partial charge in [-0.15, -0.1) is 0 Å². The van der Waals surface area contributed by atoms with Gasteiger partial charge in [-0.05, 0) is 57.4 Å². The fourth-order valence-electron chi connectivity index (χ4n) is 3.58. The quantitative estimate of drug-likeness (QED) is 0.938. The van der Waals surface area contributed by atoms with Crippen LogP contribution in [-0.4, -0.2) is 46.3 Å². The third kappa shape index (κ3) is 2.88. The molecule has 1 saturated heterocycles. The number of aryl methyl sites for hydroxylation is 2. The van der Waals surface area contributed by atoms with E-state index in [4.69, 9.17) is 4.74 Å². The number of piperidine rings is 1. The summed E-state index contributed by atoms with van der Waals surface area (Å²) < 4.78 is 7.70.